The lowest BCUT2D eigenvalue weighted by Crippen LogP contribution is -2.35. The van der Waals surface area contributed by atoms with Gasteiger partial charge in [-0.3, -0.25) is 33.2 Å². The Hall–Kier alpha value is -5.24. The molecule has 244 valence electrons. The second kappa shape index (κ2) is 12.0. The Balaban J connectivity index is 0.000000145. The number of ether oxygens (including phenoxy) is 1. The van der Waals surface area contributed by atoms with E-state index in [0.29, 0.717) is 51.7 Å². The third kappa shape index (κ3) is 5.21. The van der Waals surface area contributed by atoms with Crippen LogP contribution >= 0.6 is 15.9 Å². The van der Waals surface area contributed by atoms with Gasteiger partial charge in [0.1, 0.15) is 11.6 Å². The summed E-state index contributed by atoms with van der Waals surface area (Å²) in [7, 11) is 0. The minimum Gasteiger partial charge on any atom is -0.379 e. The lowest BCUT2D eigenvalue weighted by Gasteiger charge is -2.26. The van der Waals surface area contributed by atoms with E-state index in [1.165, 1.54) is 33.4 Å². The van der Waals surface area contributed by atoms with E-state index in [1.54, 1.807) is 18.2 Å². The number of aromatic nitrogens is 4. The second-order valence-electron chi connectivity index (χ2n) is 11.9. The molecule has 9 rings (SSSR count). The standard InChI is InChI=1S/C20H16FN3O3.C16H8BrFN2O2/c21-13-2-4-17-15(10-13)18(25)19-22-16-3-1-12(9-14(16)20(26)24(17)19)11-23-5-7-27-8-6-23;17-7-8-1-3-12-10(5-8)16(22)20-13-4-2-9(18)6-11(13)14(21)15(20)19-12/h1-4,9-10H,5-8,11H2;1-6H,7H2. The molecule has 2 aromatic heterocycles. The average Bonchev–Trinajstić information content (AvgIpc) is 3.55. The topological polar surface area (TPSA) is 116 Å². The smallest absolute Gasteiger partial charge is 0.266 e. The Bertz CT molecular complexity index is 2530. The number of hydrogen-bond acceptors (Lipinski definition) is 8. The molecule has 6 aromatic rings. The summed E-state index contributed by atoms with van der Waals surface area (Å²) in [4.78, 5) is 61.7. The highest BCUT2D eigenvalue weighted by molar-refractivity contribution is 9.08. The molecule has 0 saturated carbocycles. The van der Waals surface area contributed by atoms with E-state index >= 15 is 0 Å². The molecule has 0 radical (unpaired) electrons. The van der Waals surface area contributed by atoms with Crippen LogP contribution in [0.25, 0.3) is 33.2 Å². The van der Waals surface area contributed by atoms with Gasteiger partial charge in [-0.25, -0.2) is 18.7 Å². The lowest BCUT2D eigenvalue weighted by atomic mass is 10.1. The van der Waals surface area contributed by atoms with E-state index in [2.05, 4.69) is 30.8 Å². The first kappa shape index (κ1) is 31.1. The van der Waals surface area contributed by atoms with Crippen molar-refractivity contribution in [3.63, 3.8) is 0 Å². The van der Waals surface area contributed by atoms with E-state index in [4.69, 9.17) is 4.74 Å². The third-order valence-electron chi connectivity index (χ3n) is 8.82. The van der Waals surface area contributed by atoms with Crippen LogP contribution in [0.15, 0.2) is 82.4 Å². The number of alkyl halides is 1. The fourth-order valence-electron chi connectivity index (χ4n) is 6.43. The highest BCUT2D eigenvalue weighted by Crippen LogP contribution is 2.29. The van der Waals surface area contributed by atoms with Crippen LogP contribution in [0.2, 0.25) is 0 Å². The molecule has 10 nitrogen and oxygen atoms in total. The van der Waals surface area contributed by atoms with Gasteiger partial charge in [-0.2, -0.15) is 0 Å². The van der Waals surface area contributed by atoms with Crippen LogP contribution in [-0.2, 0) is 16.6 Å². The minimum atomic E-state index is -0.515. The molecule has 13 heteroatoms. The monoisotopic (exact) mass is 723 g/mol. The van der Waals surface area contributed by atoms with Crippen molar-refractivity contribution in [2.75, 3.05) is 26.3 Å². The molecule has 0 spiro atoms. The van der Waals surface area contributed by atoms with E-state index < -0.39 is 23.2 Å². The Morgan fingerprint density at radius 1 is 0.653 bits per heavy atom. The largest absolute Gasteiger partial charge is 0.379 e. The molecule has 0 atom stereocenters. The number of halogens is 3. The summed E-state index contributed by atoms with van der Waals surface area (Å²) in [6, 6.07) is 18.5. The number of benzene rings is 4. The van der Waals surface area contributed by atoms with Crippen LogP contribution in [0, 0.1) is 11.6 Å². The van der Waals surface area contributed by atoms with Crippen LogP contribution in [0.5, 0.6) is 0 Å². The number of morpholine rings is 1. The maximum atomic E-state index is 13.5. The predicted molar refractivity (Wildman–Crippen MR) is 180 cm³/mol. The van der Waals surface area contributed by atoms with E-state index in [9.17, 15) is 28.0 Å². The molecular weight excluding hydrogens is 700 g/mol. The molecule has 49 heavy (non-hydrogen) atoms. The van der Waals surface area contributed by atoms with Crippen molar-refractivity contribution in [2.24, 2.45) is 0 Å². The second-order valence-corrected chi connectivity index (χ2v) is 12.4. The minimum absolute atomic E-state index is 0.0321. The molecule has 1 saturated heterocycles. The molecule has 4 aromatic carbocycles. The average molecular weight is 725 g/mol. The van der Waals surface area contributed by atoms with Crippen LogP contribution in [-0.4, -0.2) is 61.9 Å². The van der Waals surface area contributed by atoms with Gasteiger partial charge < -0.3 is 4.74 Å². The van der Waals surface area contributed by atoms with Crippen LogP contribution in [0.4, 0.5) is 8.78 Å². The number of fused-ring (bicyclic) bond motifs is 8. The number of carbonyl (C=O) groups excluding carboxylic acids is 2. The van der Waals surface area contributed by atoms with Gasteiger partial charge >= 0.3 is 0 Å². The number of ketones is 2. The van der Waals surface area contributed by atoms with Gasteiger partial charge in [-0.1, -0.05) is 28.1 Å². The summed E-state index contributed by atoms with van der Waals surface area (Å²) in [5.74, 6) is -1.82. The summed E-state index contributed by atoms with van der Waals surface area (Å²) in [6.07, 6.45) is 0. The Labute approximate surface area is 284 Å². The molecule has 0 aliphatic carbocycles. The third-order valence-corrected chi connectivity index (χ3v) is 9.47. The van der Waals surface area contributed by atoms with Gasteiger partial charge in [0.25, 0.3) is 11.1 Å². The SMILES string of the molecule is O=C1c2cc(F)ccc2-n2c1nc1ccc(CBr)cc1c2=O.O=C1c2cc(F)ccc2-n2c1nc1ccc(CN3CCOCC3)cc1c2=O. The molecule has 0 amide bonds. The van der Waals surface area contributed by atoms with Crippen molar-refractivity contribution in [1.29, 1.82) is 0 Å². The zero-order valence-electron chi connectivity index (χ0n) is 25.6. The molecule has 3 aliphatic heterocycles. The zero-order chi connectivity index (χ0) is 34.0. The fourth-order valence-corrected chi connectivity index (χ4v) is 6.78. The summed E-state index contributed by atoms with van der Waals surface area (Å²) < 4.78 is 34.8. The van der Waals surface area contributed by atoms with E-state index in [-0.39, 0.29) is 33.9 Å². The van der Waals surface area contributed by atoms with Crippen LogP contribution in [0.3, 0.4) is 0 Å². The first-order chi connectivity index (χ1) is 23.7. The Morgan fingerprint density at radius 2 is 1.14 bits per heavy atom. The maximum Gasteiger partial charge on any atom is 0.266 e. The van der Waals surface area contributed by atoms with Gasteiger partial charge in [0.05, 0.1) is 57.5 Å². The van der Waals surface area contributed by atoms with Crippen LogP contribution < -0.4 is 11.1 Å². The van der Waals surface area contributed by atoms with Gasteiger partial charge in [-0.15, -0.1) is 0 Å². The maximum absolute atomic E-state index is 13.5. The van der Waals surface area contributed by atoms with Gasteiger partial charge in [0, 0.05) is 25.0 Å². The summed E-state index contributed by atoms with van der Waals surface area (Å²) in [6.45, 7) is 3.85. The molecule has 5 heterocycles. The molecule has 1 fully saturated rings. The quantitative estimate of drug-likeness (QED) is 0.237. The van der Waals surface area contributed by atoms with E-state index in [1.807, 2.05) is 18.2 Å². The van der Waals surface area contributed by atoms with Crippen molar-refractivity contribution < 1.29 is 23.1 Å². The number of carbonyl (C=O) groups is 2. The predicted octanol–water partition coefficient (Wildman–Crippen LogP) is 4.87. The fraction of sp³-hybridized carbons (Fsp3) is 0.167. The van der Waals surface area contributed by atoms with Gasteiger partial charge in [-0.05, 0) is 71.8 Å². The zero-order valence-corrected chi connectivity index (χ0v) is 27.2. The highest BCUT2D eigenvalue weighted by atomic mass is 79.9. The summed E-state index contributed by atoms with van der Waals surface area (Å²) in [5.41, 5.74) is 3.35. The molecule has 0 bridgehead atoms. The molecule has 0 N–H and O–H groups in total. The molecule has 3 aliphatic rings. The summed E-state index contributed by atoms with van der Waals surface area (Å²) in [5, 5.41) is 1.50. The van der Waals surface area contributed by atoms with Crippen molar-refractivity contribution in [3.8, 4) is 11.4 Å². The van der Waals surface area contributed by atoms with Gasteiger partial charge in [0.15, 0.2) is 11.6 Å². The molecule has 0 unspecified atom stereocenters. The Morgan fingerprint density at radius 3 is 1.65 bits per heavy atom. The van der Waals surface area contributed by atoms with Crippen LogP contribution in [0.1, 0.15) is 43.5 Å². The van der Waals surface area contributed by atoms with Crippen molar-refractivity contribution in [3.05, 3.63) is 139 Å². The van der Waals surface area contributed by atoms with Gasteiger partial charge in [0.2, 0.25) is 11.6 Å². The number of hydrogen-bond donors (Lipinski definition) is 0. The first-order valence-corrected chi connectivity index (χ1v) is 16.5. The first-order valence-electron chi connectivity index (χ1n) is 15.4. The Kier molecular flexibility index (Phi) is 7.62. The summed E-state index contributed by atoms with van der Waals surface area (Å²) >= 11 is 3.35. The lowest BCUT2D eigenvalue weighted by molar-refractivity contribution is 0.0342. The van der Waals surface area contributed by atoms with Crippen molar-refractivity contribution >= 4 is 49.3 Å². The van der Waals surface area contributed by atoms with E-state index in [0.717, 1.165) is 42.9 Å². The van der Waals surface area contributed by atoms with Crippen molar-refractivity contribution in [1.82, 2.24) is 24.0 Å². The highest BCUT2D eigenvalue weighted by Gasteiger charge is 2.32. The number of rotatable bonds is 3. The molecular formula is C36H24BrF2N5O5. The van der Waals surface area contributed by atoms with Crippen molar-refractivity contribution in [2.45, 2.75) is 11.9 Å². The number of nitrogens with zero attached hydrogens (tertiary/aromatic N) is 5. The normalized spacial score (nSPS) is 14.8.